The lowest BCUT2D eigenvalue weighted by molar-refractivity contribution is -0.144. The number of amides is 4. The smallest absolute Gasteiger partial charge is 0.344 e. The van der Waals surface area contributed by atoms with Crippen molar-refractivity contribution in [3.05, 3.63) is 58.2 Å². The first-order valence-electron chi connectivity index (χ1n) is 9.65. The summed E-state index contributed by atoms with van der Waals surface area (Å²) >= 11 is 3.30. The summed E-state index contributed by atoms with van der Waals surface area (Å²) in [6.45, 7) is 0.924. The van der Waals surface area contributed by atoms with E-state index in [1.165, 1.54) is 32.2 Å². The molecule has 0 bridgehead atoms. The number of carbonyl (C=O) groups is 4. The quantitative estimate of drug-likeness (QED) is 0.362. The Morgan fingerprint density at radius 2 is 1.88 bits per heavy atom. The molecule has 11 heteroatoms. The first-order chi connectivity index (χ1) is 15.7. The Morgan fingerprint density at radius 1 is 1.18 bits per heavy atom. The van der Waals surface area contributed by atoms with Crippen LogP contribution in [0, 0.1) is 0 Å². The van der Waals surface area contributed by atoms with E-state index in [-0.39, 0.29) is 17.2 Å². The minimum Gasteiger partial charge on any atom is -0.493 e. The number of nitrogens with one attached hydrogen (secondary N) is 2. The Labute approximate surface area is 197 Å². The van der Waals surface area contributed by atoms with Gasteiger partial charge >= 0.3 is 12.0 Å². The SMILES string of the molecule is COc1cc(/C=C2\NC(=O)N(CC(=O)Nc3ccc(Br)cc3)C2=O)ccc1O[C@@H](C)C(=O)O. The zero-order valence-electron chi connectivity index (χ0n) is 17.6. The van der Waals surface area contributed by atoms with Gasteiger partial charge in [-0.2, -0.15) is 0 Å². The van der Waals surface area contributed by atoms with Gasteiger partial charge in [0, 0.05) is 10.2 Å². The molecule has 1 heterocycles. The van der Waals surface area contributed by atoms with E-state index in [0.717, 1.165) is 9.37 Å². The lowest BCUT2D eigenvalue weighted by atomic mass is 10.1. The van der Waals surface area contributed by atoms with Crippen molar-refractivity contribution >= 4 is 51.5 Å². The molecular formula is C22H20BrN3O7. The molecule has 0 unspecified atom stereocenters. The molecule has 1 aliphatic rings. The number of halogens is 1. The summed E-state index contributed by atoms with van der Waals surface area (Å²) in [5.41, 5.74) is 0.996. The van der Waals surface area contributed by atoms with Crippen molar-refractivity contribution in [2.24, 2.45) is 0 Å². The zero-order valence-corrected chi connectivity index (χ0v) is 19.2. The first kappa shape index (κ1) is 23.8. The largest absolute Gasteiger partial charge is 0.493 e. The molecule has 33 heavy (non-hydrogen) atoms. The summed E-state index contributed by atoms with van der Waals surface area (Å²) in [6.07, 6.45) is 0.329. The predicted octanol–water partition coefficient (Wildman–Crippen LogP) is 2.84. The molecule has 1 saturated heterocycles. The van der Waals surface area contributed by atoms with Crippen LogP contribution in [0.4, 0.5) is 10.5 Å². The Kier molecular flexibility index (Phi) is 7.34. The minimum atomic E-state index is -1.13. The lowest BCUT2D eigenvalue weighted by Gasteiger charge is -2.14. The summed E-state index contributed by atoms with van der Waals surface area (Å²) in [5, 5.41) is 14.1. The molecule has 3 N–H and O–H groups in total. The number of anilines is 1. The molecule has 172 valence electrons. The van der Waals surface area contributed by atoms with Crippen LogP contribution in [0.2, 0.25) is 0 Å². The number of aliphatic carboxylic acids is 1. The molecule has 0 spiro atoms. The van der Waals surface area contributed by atoms with Crippen molar-refractivity contribution in [3.8, 4) is 11.5 Å². The highest BCUT2D eigenvalue weighted by molar-refractivity contribution is 9.10. The molecule has 10 nitrogen and oxygen atoms in total. The van der Waals surface area contributed by atoms with Crippen molar-refractivity contribution in [2.45, 2.75) is 13.0 Å². The van der Waals surface area contributed by atoms with Crippen LogP contribution in [0.25, 0.3) is 6.08 Å². The topological polar surface area (TPSA) is 134 Å². The van der Waals surface area contributed by atoms with Crippen molar-refractivity contribution in [1.29, 1.82) is 0 Å². The van der Waals surface area contributed by atoms with Gasteiger partial charge in [0.25, 0.3) is 5.91 Å². The van der Waals surface area contributed by atoms with Gasteiger partial charge in [-0.3, -0.25) is 9.59 Å². The second kappa shape index (κ2) is 10.2. The highest BCUT2D eigenvalue weighted by Gasteiger charge is 2.35. The maximum atomic E-state index is 12.7. The lowest BCUT2D eigenvalue weighted by Crippen LogP contribution is -2.38. The molecule has 3 rings (SSSR count). The average molecular weight is 518 g/mol. The summed E-state index contributed by atoms with van der Waals surface area (Å²) in [5.74, 6) is -1.86. The number of ether oxygens (including phenoxy) is 2. The highest BCUT2D eigenvalue weighted by atomic mass is 79.9. The summed E-state index contributed by atoms with van der Waals surface area (Å²) in [4.78, 5) is 49.0. The molecule has 4 amide bonds. The molecule has 1 atom stereocenters. The third-order valence-electron chi connectivity index (χ3n) is 4.54. The number of imide groups is 1. The van der Waals surface area contributed by atoms with E-state index in [1.54, 1.807) is 30.3 Å². The molecule has 0 aromatic heterocycles. The molecule has 2 aromatic rings. The van der Waals surface area contributed by atoms with Gasteiger partial charge in [0.1, 0.15) is 12.2 Å². The van der Waals surface area contributed by atoms with Gasteiger partial charge in [0.2, 0.25) is 5.91 Å². The fourth-order valence-electron chi connectivity index (χ4n) is 2.87. The van der Waals surface area contributed by atoms with Crippen LogP contribution >= 0.6 is 15.9 Å². The van der Waals surface area contributed by atoms with E-state index in [0.29, 0.717) is 11.3 Å². The standard InChI is InChI=1S/C22H20BrN3O7/c1-12(21(29)30)33-17-8-3-13(10-18(17)32-2)9-16-20(28)26(22(31)25-16)11-19(27)24-15-6-4-14(23)5-7-15/h3-10,12H,11H2,1-2H3,(H,24,27)(H,25,31)(H,29,30)/b16-9-/t12-/m0/s1. The van der Waals surface area contributed by atoms with Crippen LogP contribution in [0.1, 0.15) is 12.5 Å². The number of rotatable bonds is 8. The maximum absolute atomic E-state index is 12.7. The number of benzene rings is 2. The number of hydrogen-bond acceptors (Lipinski definition) is 6. The van der Waals surface area contributed by atoms with E-state index < -0.39 is 36.5 Å². The van der Waals surface area contributed by atoms with Crippen LogP contribution in [-0.2, 0) is 14.4 Å². The van der Waals surface area contributed by atoms with Crippen molar-refractivity contribution in [3.63, 3.8) is 0 Å². The predicted molar refractivity (Wildman–Crippen MR) is 122 cm³/mol. The Bertz CT molecular complexity index is 1130. The van der Waals surface area contributed by atoms with Gasteiger partial charge in [0.15, 0.2) is 17.6 Å². The van der Waals surface area contributed by atoms with Gasteiger partial charge in [-0.05, 0) is 55.0 Å². The Hall–Kier alpha value is -3.86. The highest BCUT2D eigenvalue weighted by Crippen LogP contribution is 2.30. The monoisotopic (exact) mass is 517 g/mol. The van der Waals surface area contributed by atoms with Crippen LogP contribution in [0.15, 0.2) is 52.6 Å². The van der Waals surface area contributed by atoms with Crippen molar-refractivity contribution < 1.29 is 33.8 Å². The van der Waals surface area contributed by atoms with Gasteiger partial charge in [-0.1, -0.05) is 22.0 Å². The molecule has 0 saturated carbocycles. The fourth-order valence-corrected chi connectivity index (χ4v) is 3.14. The van der Waals surface area contributed by atoms with Crippen molar-refractivity contribution in [2.75, 3.05) is 19.0 Å². The van der Waals surface area contributed by atoms with Crippen LogP contribution in [-0.4, -0.2) is 53.6 Å². The van der Waals surface area contributed by atoms with E-state index >= 15 is 0 Å². The number of carboxylic acids is 1. The third kappa shape index (κ3) is 5.89. The molecule has 0 aliphatic carbocycles. The normalized spacial score (nSPS) is 15.2. The Morgan fingerprint density at radius 3 is 2.52 bits per heavy atom. The summed E-state index contributed by atoms with van der Waals surface area (Å²) < 4.78 is 11.4. The molecule has 1 aliphatic heterocycles. The summed E-state index contributed by atoms with van der Waals surface area (Å²) in [6, 6.07) is 10.7. The number of nitrogens with zero attached hydrogens (tertiary/aromatic N) is 1. The fraction of sp³-hybridized carbons (Fsp3) is 0.182. The zero-order chi connectivity index (χ0) is 24.1. The number of urea groups is 1. The van der Waals surface area contributed by atoms with E-state index in [2.05, 4.69) is 26.6 Å². The Balaban J connectivity index is 1.71. The van der Waals surface area contributed by atoms with Crippen LogP contribution < -0.4 is 20.1 Å². The number of carboxylic acid groups (broad SMARTS) is 1. The molecule has 2 aromatic carbocycles. The van der Waals surface area contributed by atoms with Crippen molar-refractivity contribution in [1.82, 2.24) is 10.2 Å². The second-order valence-electron chi connectivity index (χ2n) is 6.94. The van der Waals surface area contributed by atoms with Crippen LogP contribution in [0.3, 0.4) is 0 Å². The number of hydrogen-bond donors (Lipinski definition) is 3. The minimum absolute atomic E-state index is 0.0222. The summed E-state index contributed by atoms with van der Waals surface area (Å²) in [7, 11) is 1.39. The third-order valence-corrected chi connectivity index (χ3v) is 5.07. The average Bonchev–Trinajstić information content (AvgIpc) is 3.03. The van der Waals surface area contributed by atoms with Crippen LogP contribution in [0.5, 0.6) is 11.5 Å². The maximum Gasteiger partial charge on any atom is 0.344 e. The van der Waals surface area contributed by atoms with Gasteiger partial charge in [-0.25, -0.2) is 14.5 Å². The van der Waals surface area contributed by atoms with Gasteiger partial charge < -0.3 is 25.2 Å². The first-order valence-corrected chi connectivity index (χ1v) is 10.4. The number of carbonyl (C=O) groups excluding carboxylic acids is 3. The second-order valence-corrected chi connectivity index (χ2v) is 7.86. The van der Waals surface area contributed by atoms with E-state index in [4.69, 9.17) is 14.6 Å². The molecular weight excluding hydrogens is 498 g/mol. The van der Waals surface area contributed by atoms with Gasteiger partial charge in [-0.15, -0.1) is 0 Å². The number of methoxy groups -OCH3 is 1. The van der Waals surface area contributed by atoms with E-state index in [1.807, 2.05) is 0 Å². The van der Waals surface area contributed by atoms with E-state index in [9.17, 15) is 19.2 Å². The molecule has 1 fully saturated rings. The van der Waals surface area contributed by atoms with Gasteiger partial charge in [0.05, 0.1) is 7.11 Å². The molecule has 0 radical (unpaired) electrons.